The van der Waals surface area contributed by atoms with Crippen LogP contribution in [0.5, 0.6) is 0 Å². The normalized spacial score (nSPS) is 12.5. The van der Waals surface area contributed by atoms with Gasteiger partial charge in [0.05, 0.1) is 0 Å². The number of aryl methyl sites for hydroxylation is 8. The summed E-state index contributed by atoms with van der Waals surface area (Å²) in [7, 11) is 8.42. The summed E-state index contributed by atoms with van der Waals surface area (Å²) in [5.41, 5.74) is 30.1. The molecule has 0 atom stereocenters. The fraction of sp³-hybridized carbons (Fsp3) is 0.370. The van der Waals surface area contributed by atoms with Gasteiger partial charge in [-0.15, -0.1) is 0 Å². The van der Waals surface area contributed by atoms with Gasteiger partial charge in [-0.2, -0.15) is 0 Å². The summed E-state index contributed by atoms with van der Waals surface area (Å²) in [6.45, 7) is 53.7. The lowest BCUT2D eigenvalue weighted by atomic mass is 9.63. The van der Waals surface area contributed by atoms with Gasteiger partial charge in [0.1, 0.15) is 28.2 Å². The summed E-state index contributed by atoms with van der Waals surface area (Å²) in [4.78, 5) is 0. The van der Waals surface area contributed by atoms with Crippen LogP contribution in [-0.4, -0.2) is 0 Å². The number of rotatable bonds is 16. The maximum absolute atomic E-state index is 9.43. The van der Waals surface area contributed by atoms with Crippen molar-refractivity contribution in [2.75, 3.05) is 0 Å². The Kier molecular flexibility index (Phi) is 27.4. The third-order valence-electron chi connectivity index (χ3n) is 22.5. The molecule has 0 aliphatic carbocycles. The topological polar surface area (TPSA) is 15.5 Å². The van der Waals surface area contributed by atoms with E-state index in [0.29, 0.717) is 23.7 Å². The molecule has 0 N–H and O–H groups in total. The van der Waals surface area contributed by atoms with Gasteiger partial charge in [0.2, 0.25) is 22.8 Å². The molecule has 0 spiro atoms. The van der Waals surface area contributed by atoms with Crippen LogP contribution in [0.15, 0.2) is 267 Å². The number of nitrogens with zero attached hydrogens (tertiary/aromatic N) is 4. The zero-order valence-corrected chi connectivity index (χ0v) is 73.7. The van der Waals surface area contributed by atoms with E-state index in [-0.39, 0.29) is 33.5 Å². The van der Waals surface area contributed by atoms with E-state index < -0.39 is 11.8 Å². The zero-order valence-electron chi connectivity index (χ0n) is 75.7. The zero-order chi connectivity index (χ0) is 83.7. The minimum atomic E-state index is -0.687. The Morgan fingerprint density at radius 3 is 0.705 bits per heavy atom. The standard InChI is InChI=1S/2C28H36N.2C26H32N/c2*1-20-11-9-10-12-24(20)25-19-23(17-18-29(25)8)21-13-15-22(16-14-21)26(27(2,3)4)28(5,6)7;2*1-18(2)26(19(3)4)22-13-11-21(12-14-22)23-15-16-27(6)25(17-23)24-10-8-7-9-20(24)5/h2*9-19,26H,1-8H3;2*7-19,26H,1-6H3/q4*+1/i26D;;26D;. The van der Waals surface area contributed by atoms with E-state index in [2.05, 4.69) is 480 Å². The van der Waals surface area contributed by atoms with Crippen LogP contribution < -0.4 is 18.3 Å². The molecule has 12 rings (SSSR count). The van der Waals surface area contributed by atoms with Gasteiger partial charge in [-0.05, 0) is 210 Å². The van der Waals surface area contributed by atoms with Crippen molar-refractivity contribution in [3.05, 3.63) is 312 Å². The average Bonchev–Trinajstić information content (AvgIpc) is 0.743. The second kappa shape index (κ2) is 36.9. The first-order valence-electron chi connectivity index (χ1n) is 42.1. The minimum Gasteiger partial charge on any atom is -0.201 e. The summed E-state index contributed by atoms with van der Waals surface area (Å²) < 4.78 is 27.2. The molecule has 112 heavy (non-hydrogen) atoms. The Hall–Kier alpha value is -9.64. The Morgan fingerprint density at radius 2 is 0.482 bits per heavy atom. The molecule has 8 aromatic carbocycles. The van der Waals surface area contributed by atoms with Crippen LogP contribution in [0.4, 0.5) is 0 Å². The number of pyridine rings is 4. The van der Waals surface area contributed by atoms with Crippen molar-refractivity contribution >= 4 is 0 Å². The third kappa shape index (κ3) is 21.6. The van der Waals surface area contributed by atoms with E-state index in [9.17, 15) is 1.37 Å². The van der Waals surface area contributed by atoms with Crippen molar-refractivity contribution in [2.24, 2.45) is 73.5 Å². The van der Waals surface area contributed by atoms with E-state index >= 15 is 0 Å². The van der Waals surface area contributed by atoms with Crippen molar-refractivity contribution in [1.29, 1.82) is 0 Å². The lowest BCUT2D eigenvalue weighted by Gasteiger charge is -2.41. The van der Waals surface area contributed by atoms with Crippen LogP contribution in [0.25, 0.3) is 89.5 Å². The second-order valence-corrected chi connectivity index (χ2v) is 37.1. The molecular weight excluding hydrogens is 1350 g/mol. The molecule has 0 radical (unpaired) electrons. The van der Waals surface area contributed by atoms with Gasteiger partial charge in [-0.25, -0.2) is 18.3 Å². The molecule has 584 valence electrons. The van der Waals surface area contributed by atoms with E-state index in [1.54, 1.807) is 0 Å². The van der Waals surface area contributed by atoms with Crippen LogP contribution in [0.3, 0.4) is 0 Å². The molecule has 0 aliphatic heterocycles. The molecule has 0 fully saturated rings. The van der Waals surface area contributed by atoms with Crippen molar-refractivity contribution < 1.29 is 21.0 Å². The highest BCUT2D eigenvalue weighted by Gasteiger charge is 2.38. The molecule has 4 heteroatoms. The first kappa shape index (κ1) is 83.3. The molecule has 4 nitrogen and oxygen atoms in total. The molecule has 0 unspecified atom stereocenters. The van der Waals surface area contributed by atoms with Crippen molar-refractivity contribution in [3.8, 4) is 89.5 Å². The van der Waals surface area contributed by atoms with Crippen molar-refractivity contribution in [1.82, 2.24) is 0 Å². The van der Waals surface area contributed by atoms with Crippen molar-refractivity contribution in [3.63, 3.8) is 0 Å². The number of aromatic nitrogens is 4. The highest BCUT2D eigenvalue weighted by atomic mass is 14.9. The van der Waals surface area contributed by atoms with Gasteiger partial charge in [0, 0.05) is 73.5 Å². The first-order valence-corrected chi connectivity index (χ1v) is 41.1. The lowest BCUT2D eigenvalue weighted by molar-refractivity contribution is -0.660. The lowest BCUT2D eigenvalue weighted by Crippen LogP contribution is -2.30. The Bertz CT molecular complexity index is 5140. The first-order chi connectivity index (χ1) is 53.5. The Morgan fingerprint density at radius 1 is 0.250 bits per heavy atom. The summed E-state index contributed by atoms with van der Waals surface area (Å²) in [5, 5.41) is 0. The maximum atomic E-state index is 9.43. The summed E-state index contributed by atoms with van der Waals surface area (Å²) in [5.74, 6) is 1.69. The van der Waals surface area contributed by atoms with Crippen LogP contribution in [0, 0.1) is 73.0 Å². The van der Waals surface area contributed by atoms with Gasteiger partial charge < -0.3 is 0 Å². The van der Waals surface area contributed by atoms with E-state index in [1.807, 2.05) is 0 Å². The van der Waals surface area contributed by atoms with Crippen LogP contribution in [0.2, 0.25) is 0 Å². The molecule has 0 aliphatic rings. The van der Waals surface area contributed by atoms with Gasteiger partial charge in [0.15, 0.2) is 24.8 Å². The van der Waals surface area contributed by atoms with E-state index in [0.717, 1.165) is 11.1 Å². The number of hydrogen-bond acceptors (Lipinski definition) is 0. The Labute approximate surface area is 681 Å². The predicted molar refractivity (Wildman–Crippen MR) is 481 cm³/mol. The summed E-state index contributed by atoms with van der Waals surface area (Å²) >= 11 is 0. The van der Waals surface area contributed by atoms with Crippen LogP contribution >= 0.6 is 0 Å². The largest absolute Gasteiger partial charge is 0.213 e. The van der Waals surface area contributed by atoms with Gasteiger partial charge in [-0.3, -0.25) is 0 Å². The quantitative estimate of drug-likeness (QED) is 0.0857. The number of hydrogen-bond donors (Lipinski definition) is 0. The van der Waals surface area contributed by atoms with Crippen LogP contribution in [-0.2, 0) is 28.2 Å². The second-order valence-electron chi connectivity index (χ2n) is 37.1. The van der Waals surface area contributed by atoms with Gasteiger partial charge in [0.25, 0.3) is 0 Å². The highest BCUT2D eigenvalue weighted by Crippen LogP contribution is 2.49. The maximum Gasteiger partial charge on any atom is 0.213 e. The van der Waals surface area contributed by atoms with Gasteiger partial charge in [-0.1, -0.05) is 308 Å². The Balaban J connectivity index is 0.000000174. The fourth-order valence-electron chi connectivity index (χ4n) is 18.1. The molecule has 4 heterocycles. The minimum absolute atomic E-state index is 0.175. The number of benzene rings is 8. The van der Waals surface area contributed by atoms with E-state index in [4.69, 9.17) is 1.37 Å². The third-order valence-corrected chi connectivity index (χ3v) is 22.5. The van der Waals surface area contributed by atoms with Crippen LogP contribution in [0.1, 0.15) is 209 Å². The predicted octanol–water partition coefficient (Wildman–Crippen LogP) is 27.8. The fourth-order valence-corrected chi connectivity index (χ4v) is 18.1. The van der Waals surface area contributed by atoms with Gasteiger partial charge >= 0.3 is 0 Å². The molecule has 4 aromatic heterocycles. The summed E-state index contributed by atoms with van der Waals surface area (Å²) in [6.07, 6.45) is 8.58. The monoisotopic (exact) mass is 1490 g/mol. The molecule has 0 bridgehead atoms. The molecule has 0 saturated heterocycles. The van der Waals surface area contributed by atoms with Crippen molar-refractivity contribution in [2.45, 2.75) is 190 Å². The van der Waals surface area contributed by atoms with E-state index in [1.165, 1.54) is 123 Å². The molecule has 12 aromatic rings. The molecular formula is C108H136N4+4. The summed E-state index contributed by atoms with van der Waals surface area (Å²) in [6, 6.07) is 87.8. The smallest absolute Gasteiger partial charge is 0.201 e. The highest BCUT2D eigenvalue weighted by molar-refractivity contribution is 5.74. The average molecular weight is 1490 g/mol. The SMILES string of the molecule is Cc1ccccc1-c1cc(-c2ccc(C(C(C)(C)C)C(C)(C)C)cc2)cc[n+]1C.Cc1ccccc1-c1cc(-c2ccc(C(C(C)C)C(C)C)cc2)cc[n+]1C.[2H]C(c1ccc(-c2cc[n+](C)c(-c3ccccc3C)c2)cc1)(C(C)(C)C)C(C)(C)C.[2H]C(c1ccc(-c2cc[n+](C)c(-c3ccccc3C)c2)cc1)(C(C)C)C(C)C. The molecule has 0 amide bonds. The molecule has 0 saturated carbocycles.